The van der Waals surface area contributed by atoms with Gasteiger partial charge in [-0.1, -0.05) is 0 Å². The zero-order chi connectivity index (χ0) is 21.1. The highest BCUT2D eigenvalue weighted by molar-refractivity contribution is 5.94. The Bertz CT molecular complexity index is 1090. The quantitative estimate of drug-likeness (QED) is 0.719. The fourth-order valence-electron chi connectivity index (χ4n) is 3.52. The molecule has 1 saturated heterocycles. The Kier molecular flexibility index (Phi) is 5.56. The molecular weight excluding hydrogens is 380 g/mol. The Morgan fingerprint density at radius 1 is 1.03 bits per heavy atom. The molecule has 0 radical (unpaired) electrons. The van der Waals surface area contributed by atoms with Crippen molar-refractivity contribution in [3.05, 3.63) is 70.0 Å². The van der Waals surface area contributed by atoms with Crippen molar-refractivity contribution in [2.24, 2.45) is 0 Å². The molecule has 0 unspecified atom stereocenters. The van der Waals surface area contributed by atoms with Crippen molar-refractivity contribution >= 4 is 11.7 Å². The molecule has 30 heavy (non-hydrogen) atoms. The van der Waals surface area contributed by atoms with Gasteiger partial charge in [-0.3, -0.25) is 14.6 Å². The van der Waals surface area contributed by atoms with Crippen LogP contribution in [0, 0.1) is 13.8 Å². The lowest BCUT2D eigenvalue weighted by molar-refractivity contribution is 0.0767. The number of carbonyl (C=O) groups excluding carboxylic acids is 1. The third-order valence-corrected chi connectivity index (χ3v) is 5.45. The maximum atomic E-state index is 12.7. The lowest BCUT2D eigenvalue weighted by Crippen LogP contribution is -2.35. The maximum Gasteiger partial charge on any atom is 0.254 e. The normalized spacial score (nSPS) is 14.5. The number of pyridine rings is 2. The van der Waals surface area contributed by atoms with Gasteiger partial charge in [0.25, 0.3) is 11.5 Å². The summed E-state index contributed by atoms with van der Waals surface area (Å²) in [6.45, 7) is 6.47. The summed E-state index contributed by atoms with van der Waals surface area (Å²) in [4.78, 5) is 44.6. The van der Waals surface area contributed by atoms with E-state index >= 15 is 0 Å². The summed E-state index contributed by atoms with van der Waals surface area (Å²) in [5.41, 5.74) is 2.63. The van der Waals surface area contributed by atoms with Gasteiger partial charge in [-0.25, -0.2) is 9.97 Å². The summed E-state index contributed by atoms with van der Waals surface area (Å²) in [7, 11) is 0. The predicted octanol–water partition coefficient (Wildman–Crippen LogP) is 2.20. The number of aromatic nitrogens is 4. The molecule has 154 valence electrons. The smallest absolute Gasteiger partial charge is 0.254 e. The second kappa shape index (κ2) is 8.44. The minimum atomic E-state index is -0.131. The number of nitrogens with zero attached hydrogens (tertiary/aromatic N) is 5. The van der Waals surface area contributed by atoms with Crippen LogP contribution in [0.1, 0.15) is 28.0 Å². The van der Waals surface area contributed by atoms with Gasteiger partial charge in [-0.15, -0.1) is 0 Å². The molecular formula is C22H24N6O2. The first kappa shape index (κ1) is 19.8. The number of rotatable bonds is 3. The van der Waals surface area contributed by atoms with Crippen LogP contribution in [0.3, 0.4) is 0 Å². The van der Waals surface area contributed by atoms with Gasteiger partial charge >= 0.3 is 0 Å². The lowest BCUT2D eigenvalue weighted by Gasteiger charge is -2.23. The summed E-state index contributed by atoms with van der Waals surface area (Å²) in [6, 6.07) is 7.35. The number of aryl methyl sites for hydroxylation is 1. The van der Waals surface area contributed by atoms with E-state index in [2.05, 4.69) is 24.8 Å². The Morgan fingerprint density at radius 2 is 1.83 bits per heavy atom. The number of anilines is 1. The van der Waals surface area contributed by atoms with Crippen LogP contribution in [-0.2, 0) is 0 Å². The molecule has 8 heteroatoms. The Morgan fingerprint density at radius 3 is 2.53 bits per heavy atom. The van der Waals surface area contributed by atoms with E-state index in [9.17, 15) is 9.59 Å². The number of hydrogen-bond acceptors (Lipinski definition) is 6. The monoisotopic (exact) mass is 404 g/mol. The lowest BCUT2D eigenvalue weighted by atomic mass is 10.2. The summed E-state index contributed by atoms with van der Waals surface area (Å²) in [5.74, 6) is 1.41. The molecule has 1 N–H and O–H groups in total. The van der Waals surface area contributed by atoms with Gasteiger partial charge in [-0.2, -0.15) is 0 Å². The molecule has 8 nitrogen and oxygen atoms in total. The van der Waals surface area contributed by atoms with Crippen LogP contribution in [0.25, 0.3) is 11.4 Å². The summed E-state index contributed by atoms with van der Waals surface area (Å²) < 4.78 is 0. The standard InChI is InChI=1S/C22H24N6O2/c1-15-16(2)25-20(26-21(15)29)18-4-5-19(24-14-18)27-10-3-11-28(13-12-27)22(30)17-6-8-23-9-7-17/h4-9,14H,3,10-13H2,1-2H3,(H,25,26,29). The second-order valence-electron chi connectivity index (χ2n) is 7.40. The number of carbonyl (C=O) groups is 1. The van der Waals surface area contributed by atoms with Gasteiger partial charge in [0, 0.05) is 67.2 Å². The van der Waals surface area contributed by atoms with Crippen LogP contribution in [0.15, 0.2) is 47.7 Å². The minimum absolute atomic E-state index is 0.0346. The van der Waals surface area contributed by atoms with Gasteiger partial charge < -0.3 is 14.8 Å². The number of amides is 1. The predicted molar refractivity (Wildman–Crippen MR) is 115 cm³/mol. The van der Waals surface area contributed by atoms with Crippen molar-refractivity contribution in [3.63, 3.8) is 0 Å². The van der Waals surface area contributed by atoms with Crippen LogP contribution in [0.2, 0.25) is 0 Å². The molecule has 1 fully saturated rings. The van der Waals surface area contributed by atoms with Crippen LogP contribution in [-0.4, -0.2) is 56.9 Å². The fraction of sp³-hybridized carbons (Fsp3) is 0.318. The maximum absolute atomic E-state index is 12.7. The van der Waals surface area contributed by atoms with Gasteiger partial charge in [0.15, 0.2) is 0 Å². The Labute approximate surface area is 174 Å². The molecule has 1 aliphatic rings. The first-order valence-electron chi connectivity index (χ1n) is 10.0. The average Bonchev–Trinajstić information content (AvgIpc) is 3.04. The van der Waals surface area contributed by atoms with Crippen molar-refractivity contribution in [2.45, 2.75) is 20.3 Å². The molecule has 4 rings (SSSR count). The van der Waals surface area contributed by atoms with Crippen molar-refractivity contribution in [3.8, 4) is 11.4 Å². The highest BCUT2D eigenvalue weighted by Gasteiger charge is 2.21. The van der Waals surface area contributed by atoms with E-state index in [1.165, 1.54) is 0 Å². The highest BCUT2D eigenvalue weighted by Crippen LogP contribution is 2.19. The third-order valence-electron chi connectivity index (χ3n) is 5.45. The van der Waals surface area contributed by atoms with Crippen molar-refractivity contribution < 1.29 is 4.79 Å². The average molecular weight is 404 g/mol. The van der Waals surface area contributed by atoms with Gasteiger partial charge in [-0.05, 0) is 44.5 Å². The third kappa shape index (κ3) is 4.07. The highest BCUT2D eigenvalue weighted by atomic mass is 16.2. The summed E-state index contributed by atoms with van der Waals surface area (Å²) >= 11 is 0. The molecule has 0 bridgehead atoms. The molecule has 4 heterocycles. The number of nitrogens with one attached hydrogen (secondary N) is 1. The zero-order valence-corrected chi connectivity index (χ0v) is 17.1. The molecule has 0 aliphatic carbocycles. The minimum Gasteiger partial charge on any atom is -0.355 e. The van der Waals surface area contributed by atoms with E-state index in [4.69, 9.17) is 0 Å². The molecule has 0 aromatic carbocycles. The SMILES string of the molecule is Cc1nc(-c2ccc(N3CCCN(C(=O)c4ccncc4)CC3)nc2)[nH]c(=O)c1C. The fourth-order valence-corrected chi connectivity index (χ4v) is 3.52. The Hall–Kier alpha value is -3.55. The largest absolute Gasteiger partial charge is 0.355 e. The molecule has 3 aromatic heterocycles. The van der Waals surface area contributed by atoms with Crippen LogP contribution < -0.4 is 10.5 Å². The molecule has 3 aromatic rings. The van der Waals surface area contributed by atoms with Crippen LogP contribution >= 0.6 is 0 Å². The van der Waals surface area contributed by atoms with Crippen molar-refractivity contribution in [1.82, 2.24) is 24.8 Å². The molecule has 0 saturated carbocycles. The summed E-state index contributed by atoms with van der Waals surface area (Å²) in [5, 5.41) is 0. The number of aromatic amines is 1. The van der Waals surface area contributed by atoms with E-state index in [1.807, 2.05) is 24.0 Å². The molecule has 1 amide bonds. The van der Waals surface area contributed by atoms with E-state index < -0.39 is 0 Å². The zero-order valence-electron chi connectivity index (χ0n) is 17.1. The number of hydrogen-bond donors (Lipinski definition) is 1. The molecule has 0 spiro atoms. The first-order valence-corrected chi connectivity index (χ1v) is 10.0. The van der Waals surface area contributed by atoms with Crippen LogP contribution in [0.5, 0.6) is 0 Å². The van der Waals surface area contributed by atoms with Crippen molar-refractivity contribution in [1.29, 1.82) is 0 Å². The van der Waals surface area contributed by atoms with Crippen molar-refractivity contribution in [2.75, 3.05) is 31.1 Å². The van der Waals surface area contributed by atoms with E-state index in [0.29, 0.717) is 42.3 Å². The van der Waals surface area contributed by atoms with Crippen LogP contribution in [0.4, 0.5) is 5.82 Å². The molecule has 0 atom stereocenters. The van der Waals surface area contributed by atoms with Gasteiger partial charge in [0.2, 0.25) is 0 Å². The van der Waals surface area contributed by atoms with Gasteiger partial charge in [0.05, 0.1) is 0 Å². The number of H-pyrrole nitrogens is 1. The van der Waals surface area contributed by atoms with E-state index in [-0.39, 0.29) is 11.5 Å². The topological polar surface area (TPSA) is 95.1 Å². The van der Waals surface area contributed by atoms with Gasteiger partial charge in [0.1, 0.15) is 11.6 Å². The Balaban J connectivity index is 1.46. The summed E-state index contributed by atoms with van der Waals surface area (Å²) in [6.07, 6.45) is 5.88. The van der Waals surface area contributed by atoms with E-state index in [1.54, 1.807) is 37.6 Å². The second-order valence-corrected chi connectivity index (χ2v) is 7.40. The molecule has 1 aliphatic heterocycles. The first-order chi connectivity index (χ1) is 14.5. The van der Waals surface area contributed by atoms with E-state index in [0.717, 1.165) is 24.3 Å².